The molecule has 1 aromatic heterocycles. The van der Waals surface area contributed by atoms with Crippen molar-refractivity contribution in [3.63, 3.8) is 0 Å². The molecule has 1 fully saturated rings. The van der Waals surface area contributed by atoms with Gasteiger partial charge in [-0.3, -0.25) is 4.90 Å². The molecular formula is C21H24F2N6O. The Morgan fingerprint density at radius 2 is 1.73 bits per heavy atom. The molecule has 0 aliphatic carbocycles. The van der Waals surface area contributed by atoms with Gasteiger partial charge in [-0.2, -0.15) is 0 Å². The van der Waals surface area contributed by atoms with Crippen molar-refractivity contribution < 1.29 is 13.5 Å². The van der Waals surface area contributed by atoms with Crippen molar-refractivity contribution >= 4 is 5.69 Å². The largest absolute Gasteiger partial charge is 0.383 e. The van der Waals surface area contributed by atoms with Crippen LogP contribution in [0, 0.1) is 11.6 Å². The summed E-state index contributed by atoms with van der Waals surface area (Å²) in [7, 11) is 1.63. The first-order valence-corrected chi connectivity index (χ1v) is 9.91. The zero-order valence-corrected chi connectivity index (χ0v) is 16.8. The highest BCUT2D eigenvalue weighted by atomic mass is 19.1. The van der Waals surface area contributed by atoms with Crippen LogP contribution in [0.3, 0.4) is 0 Å². The van der Waals surface area contributed by atoms with E-state index in [0.717, 1.165) is 5.56 Å². The van der Waals surface area contributed by atoms with Crippen molar-refractivity contribution in [2.24, 2.45) is 0 Å². The molecule has 0 unspecified atom stereocenters. The Hall–Kier alpha value is -2.91. The Bertz CT molecular complexity index is 956. The van der Waals surface area contributed by atoms with Crippen molar-refractivity contribution in [2.75, 3.05) is 44.8 Å². The van der Waals surface area contributed by atoms with Crippen LogP contribution in [0.15, 0.2) is 48.5 Å². The van der Waals surface area contributed by atoms with Gasteiger partial charge in [-0.05, 0) is 40.3 Å². The molecule has 9 heteroatoms. The Kier molecular flexibility index (Phi) is 6.29. The number of tetrazole rings is 1. The number of aromatic nitrogens is 4. The highest BCUT2D eigenvalue weighted by molar-refractivity contribution is 5.48. The van der Waals surface area contributed by atoms with Crippen LogP contribution in [0.1, 0.15) is 17.4 Å². The summed E-state index contributed by atoms with van der Waals surface area (Å²) in [4.78, 5) is 4.29. The lowest BCUT2D eigenvalue weighted by atomic mass is 10.0. The number of halogens is 2. The van der Waals surface area contributed by atoms with Crippen molar-refractivity contribution in [3.8, 4) is 0 Å². The lowest BCUT2D eigenvalue weighted by molar-refractivity contribution is 0.171. The van der Waals surface area contributed by atoms with Gasteiger partial charge in [0.15, 0.2) is 5.82 Å². The number of para-hydroxylation sites is 1. The number of hydrogen-bond acceptors (Lipinski definition) is 6. The summed E-state index contributed by atoms with van der Waals surface area (Å²) >= 11 is 0. The lowest BCUT2D eigenvalue weighted by Crippen LogP contribution is -2.48. The molecule has 0 amide bonds. The minimum Gasteiger partial charge on any atom is -0.383 e. The summed E-state index contributed by atoms with van der Waals surface area (Å²) in [5, 5.41) is 12.2. The van der Waals surface area contributed by atoms with Crippen LogP contribution in [0.2, 0.25) is 0 Å². The molecule has 2 heterocycles. The van der Waals surface area contributed by atoms with Crippen LogP contribution >= 0.6 is 0 Å². The van der Waals surface area contributed by atoms with Gasteiger partial charge < -0.3 is 9.64 Å². The summed E-state index contributed by atoms with van der Waals surface area (Å²) < 4.78 is 34.6. The van der Waals surface area contributed by atoms with Gasteiger partial charge in [0.25, 0.3) is 0 Å². The van der Waals surface area contributed by atoms with Crippen LogP contribution in [0.25, 0.3) is 0 Å². The van der Waals surface area contributed by atoms with Crippen molar-refractivity contribution in [1.82, 2.24) is 25.1 Å². The molecule has 1 saturated heterocycles. The number of methoxy groups -OCH3 is 1. The third-order valence-electron chi connectivity index (χ3n) is 5.37. The van der Waals surface area contributed by atoms with E-state index in [1.807, 2.05) is 11.0 Å². The molecule has 7 nitrogen and oxygen atoms in total. The second kappa shape index (κ2) is 9.27. The van der Waals surface area contributed by atoms with Gasteiger partial charge >= 0.3 is 0 Å². The number of piperazine rings is 1. The molecule has 30 heavy (non-hydrogen) atoms. The standard InChI is InChI=1S/C21H24F2N6O/c1-30-15-14-29-21(24-25-26-29)20(16-6-8-17(22)9-7-16)28-12-10-27(11-13-28)19-5-3-2-4-18(19)23/h2-9,20H,10-15H2,1H3/t20-/m0/s1. The van der Waals surface area contributed by atoms with Gasteiger partial charge in [-0.15, -0.1) is 5.10 Å². The Morgan fingerprint density at radius 1 is 1.00 bits per heavy atom. The van der Waals surface area contributed by atoms with Gasteiger partial charge in [0.2, 0.25) is 0 Å². The molecule has 0 bridgehead atoms. The summed E-state index contributed by atoms with van der Waals surface area (Å²) in [6.45, 7) is 3.71. The van der Waals surface area contributed by atoms with E-state index < -0.39 is 0 Å². The maximum absolute atomic E-state index is 14.2. The zero-order valence-electron chi connectivity index (χ0n) is 16.8. The van der Waals surface area contributed by atoms with E-state index in [-0.39, 0.29) is 17.7 Å². The molecule has 2 aromatic carbocycles. The third-order valence-corrected chi connectivity index (χ3v) is 5.37. The number of anilines is 1. The number of hydrogen-bond donors (Lipinski definition) is 0. The smallest absolute Gasteiger partial charge is 0.173 e. The minimum atomic E-state index is -0.291. The predicted molar refractivity (Wildman–Crippen MR) is 108 cm³/mol. The zero-order chi connectivity index (χ0) is 20.9. The summed E-state index contributed by atoms with van der Waals surface area (Å²) in [5.74, 6) is 0.170. The number of ether oxygens (including phenoxy) is 1. The Morgan fingerprint density at radius 3 is 2.43 bits per heavy atom. The topological polar surface area (TPSA) is 59.3 Å². The van der Waals surface area contributed by atoms with Crippen molar-refractivity contribution in [1.29, 1.82) is 0 Å². The molecule has 1 aliphatic heterocycles. The Balaban J connectivity index is 1.59. The van der Waals surface area contributed by atoms with Crippen molar-refractivity contribution in [2.45, 2.75) is 12.6 Å². The van der Waals surface area contributed by atoms with E-state index in [2.05, 4.69) is 20.4 Å². The number of nitrogens with zero attached hydrogens (tertiary/aromatic N) is 6. The van der Waals surface area contributed by atoms with Crippen LogP contribution in [0.5, 0.6) is 0 Å². The normalized spacial score (nSPS) is 16.0. The van der Waals surface area contributed by atoms with Crippen LogP contribution < -0.4 is 4.90 Å². The maximum Gasteiger partial charge on any atom is 0.173 e. The van der Waals surface area contributed by atoms with Crippen LogP contribution in [-0.2, 0) is 11.3 Å². The first-order valence-electron chi connectivity index (χ1n) is 9.91. The van der Waals surface area contributed by atoms with Crippen molar-refractivity contribution in [3.05, 3.63) is 71.6 Å². The second-order valence-corrected chi connectivity index (χ2v) is 7.18. The van der Waals surface area contributed by atoms with E-state index in [4.69, 9.17) is 4.74 Å². The lowest BCUT2D eigenvalue weighted by Gasteiger charge is -2.40. The average Bonchev–Trinajstić information content (AvgIpc) is 3.23. The first-order chi connectivity index (χ1) is 14.7. The van der Waals surface area contributed by atoms with E-state index in [1.54, 1.807) is 36.1 Å². The average molecular weight is 414 g/mol. The maximum atomic E-state index is 14.2. The van der Waals surface area contributed by atoms with E-state index in [1.165, 1.54) is 18.2 Å². The summed E-state index contributed by atoms with van der Waals surface area (Å²) in [6, 6.07) is 13.0. The van der Waals surface area contributed by atoms with Crippen LogP contribution in [0.4, 0.5) is 14.5 Å². The van der Waals surface area contributed by atoms with Gasteiger partial charge in [-0.1, -0.05) is 24.3 Å². The number of rotatable bonds is 7. The highest BCUT2D eigenvalue weighted by Gasteiger charge is 2.31. The quantitative estimate of drug-likeness (QED) is 0.592. The second-order valence-electron chi connectivity index (χ2n) is 7.18. The molecule has 0 N–H and O–H groups in total. The predicted octanol–water partition coefficient (Wildman–Crippen LogP) is 2.51. The molecule has 4 rings (SSSR count). The molecular weight excluding hydrogens is 390 g/mol. The molecule has 1 aliphatic rings. The summed E-state index contributed by atoms with van der Waals surface area (Å²) in [6.07, 6.45) is 0. The molecule has 0 radical (unpaired) electrons. The molecule has 1 atom stereocenters. The highest BCUT2D eigenvalue weighted by Crippen LogP contribution is 2.29. The molecule has 0 saturated carbocycles. The summed E-state index contributed by atoms with van der Waals surface area (Å²) in [5.41, 5.74) is 1.52. The van der Waals surface area contributed by atoms with Gasteiger partial charge in [0.05, 0.1) is 24.9 Å². The van der Waals surface area contributed by atoms with E-state index in [9.17, 15) is 8.78 Å². The SMILES string of the molecule is COCCn1nnnc1[C@H](c1ccc(F)cc1)N1CCN(c2ccccc2F)CC1. The fourth-order valence-corrected chi connectivity index (χ4v) is 3.84. The third kappa shape index (κ3) is 4.31. The fraction of sp³-hybridized carbons (Fsp3) is 0.381. The first kappa shape index (κ1) is 20.4. The fourth-order valence-electron chi connectivity index (χ4n) is 3.84. The van der Waals surface area contributed by atoms with Gasteiger partial charge in [0, 0.05) is 33.3 Å². The monoisotopic (exact) mass is 414 g/mol. The van der Waals surface area contributed by atoms with E-state index in [0.29, 0.717) is 50.8 Å². The number of benzene rings is 2. The minimum absolute atomic E-state index is 0.218. The molecule has 0 spiro atoms. The van der Waals surface area contributed by atoms with Gasteiger partial charge in [-0.25, -0.2) is 13.5 Å². The molecule has 158 valence electrons. The van der Waals surface area contributed by atoms with E-state index >= 15 is 0 Å². The van der Waals surface area contributed by atoms with Gasteiger partial charge in [0.1, 0.15) is 11.6 Å². The molecule has 3 aromatic rings. The van der Waals surface area contributed by atoms with Crippen LogP contribution in [-0.4, -0.2) is 65.0 Å². The Labute approximate surface area is 173 Å².